The second-order valence-electron chi connectivity index (χ2n) is 5.08. The van der Waals surface area contributed by atoms with E-state index in [0.717, 1.165) is 11.3 Å². The standard InChI is InChI=1S/C15H10ClF3N6OS/c16-10-4-11(24-7-23-10)25-14-21-5-9(27-14)12-8(2-1-3-20-12)13(26)22-6-15(17,18)19/h1-5,7H,6H2,(H,22,26)(H,21,23,24,25). The molecule has 7 nitrogen and oxygen atoms in total. The predicted molar refractivity (Wildman–Crippen MR) is 94.1 cm³/mol. The van der Waals surface area contributed by atoms with Crippen LogP contribution in [0.25, 0.3) is 10.6 Å². The molecule has 0 bridgehead atoms. The van der Waals surface area contributed by atoms with Gasteiger partial charge in [-0.15, -0.1) is 0 Å². The Balaban J connectivity index is 1.81. The summed E-state index contributed by atoms with van der Waals surface area (Å²) in [5.74, 6) is -0.457. The number of aromatic nitrogens is 4. The van der Waals surface area contributed by atoms with E-state index < -0.39 is 18.6 Å². The van der Waals surface area contributed by atoms with Gasteiger partial charge in [0, 0.05) is 18.5 Å². The SMILES string of the molecule is O=C(NCC(F)(F)F)c1cccnc1-c1cnc(Nc2cc(Cl)ncn2)s1. The van der Waals surface area contributed by atoms with Gasteiger partial charge in [0.15, 0.2) is 5.13 Å². The van der Waals surface area contributed by atoms with Crippen molar-refractivity contribution < 1.29 is 18.0 Å². The van der Waals surface area contributed by atoms with Crippen LogP contribution in [0, 0.1) is 0 Å². The molecule has 3 aromatic rings. The first-order chi connectivity index (χ1) is 12.8. The van der Waals surface area contributed by atoms with Crippen LogP contribution >= 0.6 is 22.9 Å². The molecule has 0 aliphatic heterocycles. The number of thiazole rings is 1. The first-order valence-electron chi connectivity index (χ1n) is 7.32. The number of carbonyl (C=O) groups excluding carboxylic acids is 1. The van der Waals surface area contributed by atoms with Crippen molar-refractivity contribution in [2.75, 3.05) is 11.9 Å². The van der Waals surface area contributed by atoms with Crippen molar-refractivity contribution in [2.45, 2.75) is 6.18 Å². The van der Waals surface area contributed by atoms with Crippen LogP contribution in [0.1, 0.15) is 10.4 Å². The van der Waals surface area contributed by atoms with Crippen LogP contribution in [0.2, 0.25) is 5.15 Å². The fourth-order valence-electron chi connectivity index (χ4n) is 2.01. The van der Waals surface area contributed by atoms with Gasteiger partial charge in [0.1, 0.15) is 23.8 Å². The summed E-state index contributed by atoms with van der Waals surface area (Å²) in [6.07, 6.45) is -0.328. The maximum Gasteiger partial charge on any atom is 0.405 e. The molecule has 2 N–H and O–H groups in total. The summed E-state index contributed by atoms with van der Waals surface area (Å²) in [4.78, 5) is 28.6. The van der Waals surface area contributed by atoms with Gasteiger partial charge in [-0.05, 0) is 12.1 Å². The molecule has 0 aliphatic carbocycles. The summed E-state index contributed by atoms with van der Waals surface area (Å²) < 4.78 is 37.0. The zero-order valence-electron chi connectivity index (χ0n) is 13.3. The number of nitrogens with one attached hydrogen (secondary N) is 2. The summed E-state index contributed by atoms with van der Waals surface area (Å²) in [6, 6.07) is 4.36. The van der Waals surface area contributed by atoms with Gasteiger partial charge in [0.25, 0.3) is 5.91 Å². The van der Waals surface area contributed by atoms with E-state index in [1.54, 1.807) is 0 Å². The lowest BCUT2D eigenvalue weighted by molar-refractivity contribution is -0.123. The molecular weight excluding hydrogens is 405 g/mol. The fourth-order valence-corrected chi connectivity index (χ4v) is 2.99. The van der Waals surface area contributed by atoms with Crippen LogP contribution in [0.5, 0.6) is 0 Å². The molecule has 1 amide bonds. The zero-order valence-corrected chi connectivity index (χ0v) is 14.9. The maximum atomic E-state index is 12.3. The van der Waals surface area contributed by atoms with Gasteiger partial charge in [-0.3, -0.25) is 9.78 Å². The van der Waals surface area contributed by atoms with E-state index in [1.807, 2.05) is 5.32 Å². The quantitative estimate of drug-likeness (QED) is 0.619. The Morgan fingerprint density at radius 2 is 2.04 bits per heavy atom. The Hall–Kier alpha value is -2.79. The first-order valence-corrected chi connectivity index (χ1v) is 8.52. The summed E-state index contributed by atoms with van der Waals surface area (Å²) in [5, 5.41) is 5.44. The average molecular weight is 415 g/mol. The predicted octanol–water partition coefficient (Wildman–Crippen LogP) is 3.68. The largest absolute Gasteiger partial charge is 0.405 e. The van der Waals surface area contributed by atoms with E-state index in [-0.39, 0.29) is 16.4 Å². The van der Waals surface area contributed by atoms with Crippen molar-refractivity contribution in [2.24, 2.45) is 0 Å². The van der Waals surface area contributed by atoms with Crippen LogP contribution in [0.3, 0.4) is 0 Å². The lowest BCUT2D eigenvalue weighted by Gasteiger charge is -2.10. The molecule has 3 heterocycles. The number of alkyl halides is 3. The third kappa shape index (κ3) is 5.11. The van der Waals surface area contributed by atoms with Crippen molar-refractivity contribution in [1.82, 2.24) is 25.3 Å². The molecule has 0 saturated carbocycles. The Morgan fingerprint density at radius 1 is 1.22 bits per heavy atom. The summed E-state index contributed by atoms with van der Waals surface area (Å²) in [7, 11) is 0. The second-order valence-corrected chi connectivity index (χ2v) is 6.50. The molecule has 0 spiro atoms. The number of amides is 1. The van der Waals surface area contributed by atoms with E-state index in [1.165, 1.54) is 36.9 Å². The smallest absolute Gasteiger partial charge is 0.343 e. The van der Waals surface area contributed by atoms with Crippen molar-refractivity contribution in [3.63, 3.8) is 0 Å². The number of rotatable bonds is 5. The van der Waals surface area contributed by atoms with Crippen molar-refractivity contribution in [1.29, 1.82) is 0 Å². The molecule has 3 rings (SSSR count). The van der Waals surface area contributed by atoms with Crippen molar-refractivity contribution >= 4 is 39.8 Å². The van der Waals surface area contributed by atoms with E-state index in [0.29, 0.717) is 15.8 Å². The molecule has 0 aliphatic rings. The van der Waals surface area contributed by atoms with E-state index >= 15 is 0 Å². The van der Waals surface area contributed by atoms with Crippen LogP contribution in [-0.4, -0.2) is 38.6 Å². The minimum absolute atomic E-state index is 0.0158. The van der Waals surface area contributed by atoms with E-state index in [9.17, 15) is 18.0 Å². The lowest BCUT2D eigenvalue weighted by Crippen LogP contribution is -2.34. The summed E-state index contributed by atoms with van der Waals surface area (Å²) in [6.45, 7) is -1.43. The monoisotopic (exact) mass is 414 g/mol. The van der Waals surface area contributed by atoms with Gasteiger partial charge in [0.2, 0.25) is 0 Å². The number of halogens is 4. The van der Waals surface area contributed by atoms with Gasteiger partial charge in [0.05, 0.1) is 16.1 Å². The molecule has 0 fully saturated rings. The van der Waals surface area contributed by atoms with Gasteiger partial charge >= 0.3 is 6.18 Å². The number of hydrogen-bond acceptors (Lipinski definition) is 7. The number of anilines is 2. The number of hydrogen-bond donors (Lipinski definition) is 2. The third-order valence-electron chi connectivity index (χ3n) is 3.11. The number of nitrogens with zero attached hydrogens (tertiary/aromatic N) is 4. The Kier molecular flexibility index (Phi) is 5.51. The topological polar surface area (TPSA) is 92.7 Å². The average Bonchev–Trinajstić information content (AvgIpc) is 3.07. The van der Waals surface area contributed by atoms with Crippen LogP contribution < -0.4 is 10.6 Å². The summed E-state index contributed by atoms with van der Waals surface area (Å²) >= 11 is 6.94. The number of pyridine rings is 1. The minimum Gasteiger partial charge on any atom is -0.343 e. The highest BCUT2D eigenvalue weighted by Gasteiger charge is 2.28. The highest BCUT2D eigenvalue weighted by atomic mass is 35.5. The van der Waals surface area contributed by atoms with Gasteiger partial charge in [-0.2, -0.15) is 13.2 Å². The molecule has 27 heavy (non-hydrogen) atoms. The van der Waals surface area contributed by atoms with Gasteiger partial charge < -0.3 is 10.6 Å². The molecule has 0 aromatic carbocycles. The Bertz CT molecular complexity index is 964. The van der Waals surface area contributed by atoms with Gasteiger partial charge in [-0.1, -0.05) is 22.9 Å². The van der Waals surface area contributed by atoms with Gasteiger partial charge in [-0.25, -0.2) is 15.0 Å². The highest BCUT2D eigenvalue weighted by Crippen LogP contribution is 2.31. The van der Waals surface area contributed by atoms with Crippen LogP contribution in [-0.2, 0) is 0 Å². The lowest BCUT2D eigenvalue weighted by atomic mass is 10.1. The fraction of sp³-hybridized carbons (Fsp3) is 0.133. The Morgan fingerprint density at radius 3 is 2.78 bits per heavy atom. The maximum absolute atomic E-state index is 12.3. The molecule has 3 aromatic heterocycles. The first kappa shape index (κ1) is 19.0. The van der Waals surface area contributed by atoms with E-state index in [2.05, 4.69) is 25.3 Å². The second kappa shape index (κ2) is 7.84. The Labute approximate surface area is 159 Å². The third-order valence-corrected chi connectivity index (χ3v) is 4.24. The van der Waals surface area contributed by atoms with Crippen molar-refractivity contribution in [3.8, 4) is 10.6 Å². The molecule has 140 valence electrons. The van der Waals surface area contributed by atoms with Crippen LogP contribution in [0.4, 0.5) is 24.1 Å². The van der Waals surface area contributed by atoms with E-state index in [4.69, 9.17) is 11.6 Å². The number of carbonyl (C=O) groups is 1. The zero-order chi connectivity index (χ0) is 19.4. The highest BCUT2D eigenvalue weighted by molar-refractivity contribution is 7.18. The van der Waals surface area contributed by atoms with Crippen LogP contribution in [0.15, 0.2) is 36.9 Å². The molecular formula is C15H10ClF3N6OS. The minimum atomic E-state index is -4.50. The molecule has 0 unspecified atom stereocenters. The summed E-state index contributed by atoms with van der Waals surface area (Å²) in [5.41, 5.74) is 0.241. The normalized spacial score (nSPS) is 11.3. The van der Waals surface area contributed by atoms with Crippen molar-refractivity contribution in [3.05, 3.63) is 47.6 Å². The molecule has 0 radical (unpaired) electrons. The molecule has 12 heteroatoms. The molecule has 0 atom stereocenters. The molecule has 0 saturated heterocycles.